The molecule has 1 nitrogen and oxygen atoms in total. The first-order valence-corrected chi connectivity index (χ1v) is 12.2. The van der Waals surface area contributed by atoms with Gasteiger partial charge in [-0.25, -0.2) is 4.39 Å². The van der Waals surface area contributed by atoms with E-state index in [9.17, 15) is 4.39 Å². The summed E-state index contributed by atoms with van der Waals surface area (Å²) in [5.74, 6) is 3.17. The molecule has 0 bridgehead atoms. The van der Waals surface area contributed by atoms with Crippen molar-refractivity contribution < 1.29 is 9.13 Å². The van der Waals surface area contributed by atoms with E-state index in [0.29, 0.717) is 18.3 Å². The van der Waals surface area contributed by atoms with Gasteiger partial charge in [0.1, 0.15) is 16.6 Å². The SMILES string of the molecule is C=CCCC1CCC(C2CCC(c3ccc(OCCCC)c(Cl)c3F)CC2)CC1. The second kappa shape index (κ2) is 11.4. The van der Waals surface area contributed by atoms with Gasteiger partial charge >= 0.3 is 0 Å². The van der Waals surface area contributed by atoms with Crippen LogP contribution in [0.15, 0.2) is 24.8 Å². The fourth-order valence-corrected chi connectivity index (χ4v) is 5.73. The molecule has 3 heteroatoms. The van der Waals surface area contributed by atoms with E-state index in [-0.39, 0.29) is 10.8 Å². The average molecular weight is 421 g/mol. The maximum absolute atomic E-state index is 14.9. The maximum Gasteiger partial charge on any atom is 0.149 e. The summed E-state index contributed by atoms with van der Waals surface area (Å²) < 4.78 is 20.6. The highest BCUT2D eigenvalue weighted by molar-refractivity contribution is 6.32. The van der Waals surface area contributed by atoms with Gasteiger partial charge in [-0.3, -0.25) is 0 Å². The molecule has 2 aliphatic carbocycles. The van der Waals surface area contributed by atoms with E-state index in [0.717, 1.165) is 55.4 Å². The lowest BCUT2D eigenvalue weighted by Gasteiger charge is -2.38. The number of hydrogen-bond acceptors (Lipinski definition) is 1. The van der Waals surface area contributed by atoms with Crippen molar-refractivity contribution in [2.75, 3.05) is 6.61 Å². The Morgan fingerprint density at radius 1 is 1.07 bits per heavy atom. The van der Waals surface area contributed by atoms with E-state index in [2.05, 4.69) is 19.6 Å². The molecule has 0 saturated heterocycles. The molecule has 0 unspecified atom stereocenters. The van der Waals surface area contributed by atoms with Gasteiger partial charge in [0.25, 0.3) is 0 Å². The summed E-state index contributed by atoms with van der Waals surface area (Å²) in [5.41, 5.74) is 0.796. The Kier molecular flexibility index (Phi) is 8.90. The zero-order valence-corrected chi connectivity index (χ0v) is 18.9. The summed E-state index contributed by atoms with van der Waals surface area (Å²) >= 11 is 6.29. The molecule has 0 heterocycles. The van der Waals surface area contributed by atoms with Gasteiger partial charge < -0.3 is 4.74 Å². The number of unbranched alkanes of at least 4 members (excludes halogenated alkanes) is 1. The Balaban J connectivity index is 1.50. The molecule has 2 fully saturated rings. The van der Waals surface area contributed by atoms with Crippen LogP contribution in [0.3, 0.4) is 0 Å². The van der Waals surface area contributed by atoms with Gasteiger partial charge in [-0.15, -0.1) is 6.58 Å². The molecule has 162 valence electrons. The van der Waals surface area contributed by atoms with Crippen LogP contribution in [0.4, 0.5) is 4.39 Å². The van der Waals surface area contributed by atoms with Crippen molar-refractivity contribution in [2.45, 2.75) is 89.9 Å². The Morgan fingerprint density at radius 3 is 2.34 bits per heavy atom. The van der Waals surface area contributed by atoms with E-state index in [1.165, 1.54) is 44.9 Å². The molecular formula is C26H38ClFO. The predicted molar refractivity (Wildman–Crippen MR) is 121 cm³/mol. The van der Waals surface area contributed by atoms with Crippen molar-refractivity contribution in [2.24, 2.45) is 17.8 Å². The Labute approximate surface area is 182 Å². The molecule has 29 heavy (non-hydrogen) atoms. The average Bonchev–Trinajstić information content (AvgIpc) is 2.76. The van der Waals surface area contributed by atoms with Crippen LogP contribution in [0.5, 0.6) is 5.75 Å². The Morgan fingerprint density at radius 2 is 1.72 bits per heavy atom. The second-order valence-corrected chi connectivity index (χ2v) is 9.62. The maximum atomic E-state index is 14.9. The molecule has 0 N–H and O–H groups in total. The third-order valence-corrected chi connectivity index (χ3v) is 7.73. The molecule has 2 aliphatic rings. The van der Waals surface area contributed by atoms with Gasteiger partial charge in [-0.1, -0.05) is 49.9 Å². The molecular weight excluding hydrogens is 383 g/mol. The minimum Gasteiger partial charge on any atom is -0.492 e. The van der Waals surface area contributed by atoms with Gasteiger partial charge in [-0.2, -0.15) is 0 Å². The van der Waals surface area contributed by atoms with Crippen LogP contribution in [0.25, 0.3) is 0 Å². The molecule has 2 saturated carbocycles. The molecule has 1 aromatic rings. The molecule has 0 radical (unpaired) electrons. The van der Waals surface area contributed by atoms with Gasteiger partial charge in [0.15, 0.2) is 0 Å². The summed E-state index contributed by atoms with van der Waals surface area (Å²) in [7, 11) is 0. The highest BCUT2D eigenvalue weighted by Crippen LogP contribution is 2.46. The highest BCUT2D eigenvalue weighted by atomic mass is 35.5. The topological polar surface area (TPSA) is 9.23 Å². The van der Waals surface area contributed by atoms with Crippen molar-refractivity contribution in [1.29, 1.82) is 0 Å². The number of hydrogen-bond donors (Lipinski definition) is 0. The van der Waals surface area contributed by atoms with E-state index in [4.69, 9.17) is 16.3 Å². The monoisotopic (exact) mass is 420 g/mol. The highest BCUT2D eigenvalue weighted by Gasteiger charge is 2.32. The minimum absolute atomic E-state index is 0.165. The van der Waals surface area contributed by atoms with Crippen molar-refractivity contribution in [3.63, 3.8) is 0 Å². The molecule has 0 aromatic heterocycles. The Bertz CT molecular complexity index is 642. The first kappa shape index (κ1) is 22.7. The summed E-state index contributed by atoms with van der Waals surface area (Å²) in [4.78, 5) is 0. The molecule has 0 amide bonds. The van der Waals surface area contributed by atoms with E-state index < -0.39 is 0 Å². The van der Waals surface area contributed by atoms with E-state index >= 15 is 0 Å². The number of halogens is 2. The first-order valence-electron chi connectivity index (χ1n) is 11.9. The van der Waals surface area contributed by atoms with Crippen LogP contribution in [0.2, 0.25) is 5.02 Å². The fourth-order valence-electron chi connectivity index (χ4n) is 5.50. The van der Waals surface area contributed by atoms with E-state index in [1.54, 1.807) is 0 Å². The van der Waals surface area contributed by atoms with Crippen LogP contribution in [-0.2, 0) is 0 Å². The van der Waals surface area contributed by atoms with Crippen LogP contribution in [0.1, 0.15) is 95.5 Å². The summed E-state index contributed by atoms with van der Waals surface area (Å²) in [6.07, 6.45) is 16.8. The van der Waals surface area contributed by atoms with Crippen LogP contribution in [-0.4, -0.2) is 6.61 Å². The standard InChI is InChI=1S/C26H38ClFO/c1-3-5-7-19-8-10-20(11-9-19)21-12-14-22(15-13-21)23-16-17-24(25(27)26(23)28)29-18-6-4-2/h3,16-17,19-22H,1,4-15,18H2,2H3. The number of ether oxygens (including phenoxy) is 1. The molecule has 3 rings (SSSR count). The Hall–Kier alpha value is -1.02. The zero-order chi connectivity index (χ0) is 20.6. The van der Waals surface area contributed by atoms with Crippen molar-refractivity contribution in [1.82, 2.24) is 0 Å². The molecule has 0 spiro atoms. The quantitative estimate of drug-likeness (QED) is 0.286. The lowest BCUT2D eigenvalue weighted by Crippen LogP contribution is -2.25. The first-order chi connectivity index (χ1) is 14.1. The van der Waals surface area contributed by atoms with Crippen LogP contribution >= 0.6 is 11.6 Å². The smallest absolute Gasteiger partial charge is 0.149 e. The minimum atomic E-state index is -0.258. The van der Waals surface area contributed by atoms with Gasteiger partial charge in [0.05, 0.1) is 6.61 Å². The second-order valence-electron chi connectivity index (χ2n) is 9.24. The number of benzene rings is 1. The van der Waals surface area contributed by atoms with Crippen molar-refractivity contribution in [3.05, 3.63) is 41.2 Å². The summed E-state index contributed by atoms with van der Waals surface area (Å²) in [6.45, 7) is 6.56. The van der Waals surface area contributed by atoms with Crippen molar-refractivity contribution in [3.8, 4) is 5.75 Å². The van der Waals surface area contributed by atoms with Crippen molar-refractivity contribution >= 4 is 11.6 Å². The van der Waals surface area contributed by atoms with Crippen LogP contribution < -0.4 is 4.74 Å². The molecule has 1 aromatic carbocycles. The molecule has 0 atom stereocenters. The number of rotatable bonds is 9. The summed E-state index contributed by atoms with van der Waals surface area (Å²) in [5, 5.41) is 0.165. The van der Waals surface area contributed by atoms with Gasteiger partial charge in [0, 0.05) is 0 Å². The largest absolute Gasteiger partial charge is 0.492 e. The zero-order valence-electron chi connectivity index (χ0n) is 18.1. The normalized spacial score (nSPS) is 27.6. The van der Waals surface area contributed by atoms with Gasteiger partial charge in [-0.05, 0) is 93.1 Å². The third-order valence-electron chi connectivity index (χ3n) is 7.38. The lowest BCUT2D eigenvalue weighted by atomic mass is 9.68. The molecule has 0 aliphatic heterocycles. The summed E-state index contributed by atoms with van der Waals surface area (Å²) in [6, 6.07) is 3.78. The van der Waals surface area contributed by atoms with Gasteiger partial charge in [0.2, 0.25) is 0 Å². The lowest BCUT2D eigenvalue weighted by molar-refractivity contribution is 0.156. The fraction of sp³-hybridized carbons (Fsp3) is 0.692. The van der Waals surface area contributed by atoms with Crippen LogP contribution in [0, 0.1) is 23.6 Å². The van der Waals surface area contributed by atoms with E-state index in [1.807, 2.05) is 12.1 Å². The third kappa shape index (κ3) is 6.00. The predicted octanol–water partition coefficient (Wildman–Crippen LogP) is 8.70. The number of allylic oxidation sites excluding steroid dienone is 1.